The number of hydrogen-bond acceptors (Lipinski definition) is 8. The van der Waals surface area contributed by atoms with Crippen molar-refractivity contribution < 1.29 is 32.9 Å². The summed E-state index contributed by atoms with van der Waals surface area (Å²) in [5.41, 5.74) is 2.38. The van der Waals surface area contributed by atoms with Gasteiger partial charge in [-0.3, -0.25) is 9.59 Å². The Bertz CT molecular complexity index is 1530. The molecule has 1 aliphatic rings. The number of aldehydes is 1. The number of anilines is 1. The topological polar surface area (TPSA) is 98.4 Å². The molecule has 246 valence electrons. The lowest BCUT2D eigenvalue weighted by Crippen LogP contribution is -2.32. The fourth-order valence-corrected chi connectivity index (χ4v) is 4.56. The van der Waals surface area contributed by atoms with E-state index in [2.05, 4.69) is 10.6 Å². The van der Waals surface area contributed by atoms with E-state index in [1.165, 1.54) is 6.07 Å². The molecule has 1 amide bonds. The average Bonchev–Trinajstić information content (AvgIpc) is 3.57. The van der Waals surface area contributed by atoms with Gasteiger partial charge in [0.05, 0.1) is 26.0 Å². The van der Waals surface area contributed by atoms with Gasteiger partial charge in [0, 0.05) is 38.7 Å². The zero-order chi connectivity index (χ0) is 33.6. The summed E-state index contributed by atoms with van der Waals surface area (Å²) in [5.74, 6) is 0.792. The molecule has 4 rings (SSSR count). The summed E-state index contributed by atoms with van der Waals surface area (Å²) in [7, 11) is 4.98. The van der Waals surface area contributed by atoms with Crippen LogP contribution in [0.4, 0.5) is 10.1 Å². The Hall–Kier alpha value is -4.83. The predicted octanol–water partition coefficient (Wildman–Crippen LogP) is 6.31. The average molecular weight is 634 g/mol. The molecular formula is C36H44FN3O6. The Kier molecular flexibility index (Phi) is 13.6. The van der Waals surface area contributed by atoms with E-state index in [0.717, 1.165) is 23.6 Å². The first kappa shape index (κ1) is 35.6. The smallest absolute Gasteiger partial charge is 0.259 e. The number of benzene rings is 3. The SMILES string of the molecule is CC.COc1ccc(CNC(=O)C(/C(=C\C=O)Oc2cccc(OC3CCOC3)c2C)=C(\Nc2ccc(C)cc2F)N(C)C)cc1. The number of carbonyl (C=O) groups excluding carboxylic acids is 2. The van der Waals surface area contributed by atoms with E-state index in [1.54, 1.807) is 69.4 Å². The molecule has 1 atom stereocenters. The van der Waals surface area contributed by atoms with Crippen molar-refractivity contribution in [1.29, 1.82) is 0 Å². The number of rotatable bonds is 13. The minimum Gasteiger partial charge on any atom is -0.497 e. The zero-order valence-corrected chi connectivity index (χ0v) is 27.6. The van der Waals surface area contributed by atoms with Crippen LogP contribution in [0.15, 0.2) is 83.9 Å². The highest BCUT2D eigenvalue weighted by molar-refractivity contribution is 5.99. The first-order valence-electron chi connectivity index (χ1n) is 15.2. The van der Waals surface area contributed by atoms with Gasteiger partial charge >= 0.3 is 0 Å². The van der Waals surface area contributed by atoms with Crippen molar-refractivity contribution >= 4 is 17.9 Å². The van der Waals surface area contributed by atoms with Crippen LogP contribution in [0.5, 0.6) is 17.2 Å². The standard InChI is InChI=1S/C34H38FN3O6.C2H6/c1-22-9-14-28(27(35)19-22)37-33(38(3)4)32(34(40)36-20-24-10-12-25(41-5)13-11-24)31(15-17-39)44-30-8-6-7-29(23(30)2)43-26-16-18-42-21-26;1-2/h6-15,17,19,26,37H,16,18,20-21H2,1-5H3,(H,36,40);1-2H3/b31-15+,33-32+;. The molecule has 0 saturated carbocycles. The van der Waals surface area contributed by atoms with E-state index in [4.69, 9.17) is 18.9 Å². The summed E-state index contributed by atoms with van der Waals surface area (Å²) >= 11 is 0. The van der Waals surface area contributed by atoms with Crippen LogP contribution in [0.25, 0.3) is 0 Å². The highest BCUT2D eigenvalue weighted by Crippen LogP contribution is 2.32. The number of methoxy groups -OCH3 is 1. The van der Waals surface area contributed by atoms with Crippen molar-refractivity contribution in [2.75, 3.05) is 39.7 Å². The van der Waals surface area contributed by atoms with Crippen molar-refractivity contribution in [2.24, 2.45) is 0 Å². The van der Waals surface area contributed by atoms with Crippen molar-refractivity contribution in [3.05, 3.63) is 106 Å². The Morgan fingerprint density at radius 2 is 1.78 bits per heavy atom. The minimum absolute atomic E-state index is 0.00880. The van der Waals surface area contributed by atoms with E-state index < -0.39 is 11.7 Å². The molecule has 9 nitrogen and oxygen atoms in total. The summed E-state index contributed by atoms with van der Waals surface area (Å²) in [4.78, 5) is 27.5. The van der Waals surface area contributed by atoms with Crippen LogP contribution in [0.2, 0.25) is 0 Å². The van der Waals surface area contributed by atoms with Gasteiger partial charge in [0.1, 0.15) is 52.6 Å². The van der Waals surface area contributed by atoms with E-state index in [9.17, 15) is 14.0 Å². The third-order valence-electron chi connectivity index (χ3n) is 7.00. The first-order valence-corrected chi connectivity index (χ1v) is 15.2. The normalized spacial score (nSPS) is 14.7. The van der Waals surface area contributed by atoms with Gasteiger partial charge < -0.3 is 34.5 Å². The molecule has 2 N–H and O–H groups in total. The molecular weight excluding hydrogens is 589 g/mol. The second-order valence-electron chi connectivity index (χ2n) is 10.5. The van der Waals surface area contributed by atoms with Gasteiger partial charge in [-0.1, -0.05) is 38.1 Å². The third-order valence-corrected chi connectivity index (χ3v) is 7.00. The number of nitrogens with one attached hydrogen (secondary N) is 2. The molecule has 0 bridgehead atoms. The molecule has 1 saturated heterocycles. The molecule has 0 spiro atoms. The number of aryl methyl sites for hydroxylation is 1. The molecule has 0 radical (unpaired) electrons. The lowest BCUT2D eigenvalue weighted by molar-refractivity contribution is -0.117. The minimum atomic E-state index is -0.550. The van der Waals surface area contributed by atoms with Gasteiger partial charge in [-0.2, -0.15) is 0 Å². The van der Waals surface area contributed by atoms with Gasteiger partial charge in [0.25, 0.3) is 5.91 Å². The van der Waals surface area contributed by atoms with Gasteiger partial charge in [0.15, 0.2) is 0 Å². The van der Waals surface area contributed by atoms with Gasteiger partial charge in [-0.05, 0) is 61.4 Å². The van der Waals surface area contributed by atoms with E-state index in [1.807, 2.05) is 39.0 Å². The maximum Gasteiger partial charge on any atom is 0.259 e. The monoisotopic (exact) mass is 633 g/mol. The molecule has 1 unspecified atom stereocenters. The van der Waals surface area contributed by atoms with Crippen LogP contribution in [-0.4, -0.2) is 57.6 Å². The van der Waals surface area contributed by atoms with Crippen molar-refractivity contribution in [3.63, 3.8) is 0 Å². The second-order valence-corrected chi connectivity index (χ2v) is 10.5. The summed E-state index contributed by atoms with van der Waals surface area (Å²) in [6.45, 7) is 8.92. The number of halogens is 1. The molecule has 10 heteroatoms. The van der Waals surface area contributed by atoms with E-state index in [-0.39, 0.29) is 35.5 Å². The highest BCUT2D eigenvalue weighted by Gasteiger charge is 2.26. The molecule has 3 aromatic carbocycles. The molecule has 46 heavy (non-hydrogen) atoms. The fraction of sp³-hybridized carbons (Fsp3) is 0.333. The maximum atomic E-state index is 15.0. The van der Waals surface area contributed by atoms with Crippen LogP contribution in [0, 0.1) is 19.7 Å². The Morgan fingerprint density at radius 1 is 1.07 bits per heavy atom. The van der Waals surface area contributed by atoms with Crippen LogP contribution in [0.1, 0.15) is 37.0 Å². The fourth-order valence-electron chi connectivity index (χ4n) is 4.56. The first-order chi connectivity index (χ1) is 22.2. The van der Waals surface area contributed by atoms with Gasteiger partial charge in [0.2, 0.25) is 0 Å². The summed E-state index contributed by atoms with van der Waals surface area (Å²) < 4.78 is 38.1. The number of hydrogen-bond donors (Lipinski definition) is 2. The molecule has 0 aliphatic carbocycles. The Labute approximate surface area is 271 Å². The number of carbonyl (C=O) groups is 2. The quantitative estimate of drug-likeness (QED) is 0.0979. The van der Waals surface area contributed by atoms with Crippen molar-refractivity contribution in [3.8, 4) is 17.2 Å². The van der Waals surface area contributed by atoms with Crippen LogP contribution >= 0.6 is 0 Å². The van der Waals surface area contributed by atoms with Crippen LogP contribution in [-0.2, 0) is 20.9 Å². The summed E-state index contributed by atoms with van der Waals surface area (Å²) in [6, 6.07) is 17.3. The van der Waals surface area contributed by atoms with Gasteiger partial charge in [-0.15, -0.1) is 0 Å². The summed E-state index contributed by atoms with van der Waals surface area (Å²) in [6.07, 6.45) is 2.39. The lowest BCUT2D eigenvalue weighted by Gasteiger charge is -2.25. The largest absolute Gasteiger partial charge is 0.497 e. The number of amides is 1. The molecule has 1 fully saturated rings. The van der Waals surface area contributed by atoms with E-state index >= 15 is 0 Å². The van der Waals surface area contributed by atoms with Gasteiger partial charge in [-0.25, -0.2) is 4.39 Å². The number of allylic oxidation sites excluding steroid dienone is 1. The molecule has 1 heterocycles. The predicted molar refractivity (Wildman–Crippen MR) is 177 cm³/mol. The maximum absolute atomic E-state index is 15.0. The third kappa shape index (κ3) is 9.58. The number of ether oxygens (including phenoxy) is 4. The number of nitrogens with zero attached hydrogens (tertiary/aromatic N) is 1. The van der Waals surface area contributed by atoms with E-state index in [0.29, 0.717) is 42.3 Å². The molecule has 1 aliphatic heterocycles. The van der Waals surface area contributed by atoms with Crippen LogP contribution < -0.4 is 24.8 Å². The van der Waals surface area contributed by atoms with Crippen molar-refractivity contribution in [1.82, 2.24) is 10.2 Å². The molecule has 3 aromatic rings. The lowest BCUT2D eigenvalue weighted by atomic mass is 10.1. The van der Waals surface area contributed by atoms with Crippen molar-refractivity contribution in [2.45, 2.75) is 46.8 Å². The Balaban J connectivity index is 0.00000282. The highest BCUT2D eigenvalue weighted by atomic mass is 19.1. The Morgan fingerprint density at radius 3 is 2.39 bits per heavy atom. The zero-order valence-electron chi connectivity index (χ0n) is 27.6. The summed E-state index contributed by atoms with van der Waals surface area (Å²) in [5, 5.41) is 5.95. The molecule has 0 aromatic heterocycles. The van der Waals surface area contributed by atoms with Crippen LogP contribution in [0.3, 0.4) is 0 Å². The second kappa shape index (κ2) is 17.6.